The highest BCUT2D eigenvalue weighted by atomic mass is 35.5. The van der Waals surface area contributed by atoms with Crippen molar-refractivity contribution in [2.45, 2.75) is 6.10 Å². The molecule has 0 amide bonds. The molecule has 0 fully saturated rings. The van der Waals surface area contributed by atoms with E-state index in [0.717, 1.165) is 0 Å². The first-order chi connectivity index (χ1) is 11.4. The van der Waals surface area contributed by atoms with Gasteiger partial charge in [-0.3, -0.25) is 10.1 Å². The maximum Gasteiger partial charge on any atom is 0.293 e. The normalized spacial score (nSPS) is 11.7. The molecule has 2 aromatic carbocycles. The molecular formula is C16H17ClN2O5. The second-order valence-corrected chi connectivity index (χ2v) is 5.40. The van der Waals surface area contributed by atoms with E-state index in [9.17, 15) is 15.2 Å². The van der Waals surface area contributed by atoms with Gasteiger partial charge in [-0.25, -0.2) is 0 Å². The van der Waals surface area contributed by atoms with Gasteiger partial charge in [0.15, 0.2) is 0 Å². The Morgan fingerprint density at radius 2 is 1.83 bits per heavy atom. The molecule has 7 nitrogen and oxygen atoms in total. The molecule has 24 heavy (non-hydrogen) atoms. The summed E-state index contributed by atoms with van der Waals surface area (Å²) in [7, 11) is 3.03. The van der Waals surface area contributed by atoms with Crippen molar-refractivity contribution in [1.82, 2.24) is 0 Å². The first-order valence-electron chi connectivity index (χ1n) is 7.03. The van der Waals surface area contributed by atoms with Crippen LogP contribution in [0.25, 0.3) is 0 Å². The number of benzene rings is 2. The second-order valence-electron chi connectivity index (χ2n) is 4.96. The van der Waals surface area contributed by atoms with E-state index >= 15 is 0 Å². The van der Waals surface area contributed by atoms with E-state index < -0.39 is 11.0 Å². The number of aliphatic hydroxyl groups excluding tert-OH is 1. The number of nitro groups is 1. The first kappa shape index (κ1) is 17.8. The number of methoxy groups -OCH3 is 2. The number of nitrogens with one attached hydrogen (secondary N) is 1. The minimum absolute atomic E-state index is 0.0682. The lowest BCUT2D eigenvalue weighted by Gasteiger charge is -2.15. The van der Waals surface area contributed by atoms with Crippen LogP contribution in [0.5, 0.6) is 11.5 Å². The monoisotopic (exact) mass is 352 g/mol. The lowest BCUT2D eigenvalue weighted by Crippen LogP contribution is -2.13. The quantitative estimate of drug-likeness (QED) is 0.585. The zero-order chi connectivity index (χ0) is 17.7. The zero-order valence-electron chi connectivity index (χ0n) is 13.2. The van der Waals surface area contributed by atoms with Crippen LogP contribution in [0.2, 0.25) is 5.02 Å². The largest absolute Gasteiger partial charge is 0.497 e. The van der Waals surface area contributed by atoms with Crippen LogP contribution in [-0.2, 0) is 0 Å². The molecule has 0 bridgehead atoms. The first-order valence-corrected chi connectivity index (χ1v) is 7.41. The second kappa shape index (κ2) is 7.85. The van der Waals surface area contributed by atoms with E-state index in [-0.39, 0.29) is 22.9 Å². The summed E-state index contributed by atoms with van der Waals surface area (Å²) in [4.78, 5) is 10.5. The lowest BCUT2D eigenvalue weighted by atomic mass is 10.1. The van der Waals surface area contributed by atoms with E-state index in [4.69, 9.17) is 21.1 Å². The fourth-order valence-corrected chi connectivity index (χ4v) is 2.32. The molecular weight excluding hydrogens is 336 g/mol. The van der Waals surface area contributed by atoms with Crippen LogP contribution in [-0.4, -0.2) is 30.8 Å². The van der Waals surface area contributed by atoms with Crippen molar-refractivity contribution in [1.29, 1.82) is 0 Å². The van der Waals surface area contributed by atoms with Crippen LogP contribution in [0.4, 0.5) is 11.4 Å². The highest BCUT2D eigenvalue weighted by molar-refractivity contribution is 6.30. The fraction of sp³-hybridized carbons (Fsp3) is 0.250. The SMILES string of the molecule is COc1cc(OC)cc(C(O)CNc2ccc(Cl)cc2[N+](=O)[O-])c1. The van der Waals surface area contributed by atoms with E-state index in [0.29, 0.717) is 17.1 Å². The molecule has 1 atom stereocenters. The van der Waals surface area contributed by atoms with E-state index in [1.54, 1.807) is 18.2 Å². The van der Waals surface area contributed by atoms with Crippen LogP contribution in [0.15, 0.2) is 36.4 Å². The molecule has 2 rings (SSSR count). The average Bonchev–Trinajstić information content (AvgIpc) is 2.59. The van der Waals surface area contributed by atoms with Crippen molar-refractivity contribution >= 4 is 23.0 Å². The molecule has 0 spiro atoms. The lowest BCUT2D eigenvalue weighted by molar-refractivity contribution is -0.383. The average molecular weight is 353 g/mol. The Labute approximate surface area is 143 Å². The summed E-state index contributed by atoms with van der Waals surface area (Å²) in [5.41, 5.74) is 0.687. The van der Waals surface area contributed by atoms with Crippen LogP contribution in [0.1, 0.15) is 11.7 Å². The van der Waals surface area contributed by atoms with Crippen molar-refractivity contribution in [2.24, 2.45) is 0 Å². The van der Waals surface area contributed by atoms with Crippen LogP contribution in [0.3, 0.4) is 0 Å². The van der Waals surface area contributed by atoms with Crippen molar-refractivity contribution in [3.05, 3.63) is 57.1 Å². The van der Waals surface area contributed by atoms with Crippen LogP contribution >= 0.6 is 11.6 Å². The predicted molar refractivity (Wildman–Crippen MR) is 91.1 cm³/mol. The number of halogens is 1. The number of nitro benzene ring substituents is 1. The molecule has 0 radical (unpaired) electrons. The highest BCUT2D eigenvalue weighted by Gasteiger charge is 2.16. The van der Waals surface area contributed by atoms with Gasteiger partial charge in [-0.15, -0.1) is 0 Å². The minimum Gasteiger partial charge on any atom is -0.497 e. The van der Waals surface area contributed by atoms with Crippen LogP contribution < -0.4 is 14.8 Å². The molecule has 0 aliphatic heterocycles. The van der Waals surface area contributed by atoms with Gasteiger partial charge in [0.25, 0.3) is 5.69 Å². The number of aliphatic hydroxyl groups is 1. The minimum atomic E-state index is -0.913. The van der Waals surface area contributed by atoms with Gasteiger partial charge in [-0.2, -0.15) is 0 Å². The maximum absolute atomic E-state index is 11.1. The fourth-order valence-electron chi connectivity index (χ4n) is 2.15. The summed E-state index contributed by atoms with van der Waals surface area (Å²) in [6.45, 7) is 0.0682. The summed E-state index contributed by atoms with van der Waals surface area (Å²) in [5.74, 6) is 1.08. The van der Waals surface area contributed by atoms with Gasteiger partial charge < -0.3 is 19.9 Å². The summed E-state index contributed by atoms with van der Waals surface area (Å²) in [5, 5.41) is 24.5. The van der Waals surface area contributed by atoms with Crippen molar-refractivity contribution in [2.75, 3.05) is 26.1 Å². The number of hydrogen-bond acceptors (Lipinski definition) is 6. The maximum atomic E-state index is 11.1. The number of hydrogen-bond donors (Lipinski definition) is 2. The van der Waals surface area contributed by atoms with E-state index in [1.165, 1.54) is 32.4 Å². The number of nitrogens with zero attached hydrogens (tertiary/aromatic N) is 1. The van der Waals surface area contributed by atoms with E-state index in [1.807, 2.05) is 0 Å². The Hall–Kier alpha value is -2.51. The number of rotatable bonds is 7. The predicted octanol–water partition coefficient (Wildman–Crippen LogP) is 3.41. The van der Waals surface area contributed by atoms with Gasteiger partial charge >= 0.3 is 0 Å². The van der Waals surface area contributed by atoms with Crippen LogP contribution in [0, 0.1) is 10.1 Å². The molecule has 8 heteroatoms. The van der Waals surface area contributed by atoms with E-state index in [2.05, 4.69) is 5.32 Å². The van der Waals surface area contributed by atoms with Crippen molar-refractivity contribution in [3.8, 4) is 11.5 Å². The summed E-state index contributed by atoms with van der Waals surface area (Å²) in [6.07, 6.45) is -0.913. The smallest absolute Gasteiger partial charge is 0.293 e. The highest BCUT2D eigenvalue weighted by Crippen LogP contribution is 2.30. The third kappa shape index (κ3) is 4.27. The molecule has 0 aliphatic rings. The van der Waals surface area contributed by atoms with Gasteiger partial charge in [0.1, 0.15) is 17.2 Å². The topological polar surface area (TPSA) is 93.9 Å². The van der Waals surface area contributed by atoms with Crippen molar-refractivity contribution < 1.29 is 19.5 Å². The Morgan fingerprint density at radius 3 is 2.38 bits per heavy atom. The third-order valence-electron chi connectivity index (χ3n) is 3.40. The molecule has 128 valence electrons. The molecule has 0 heterocycles. The van der Waals surface area contributed by atoms with Gasteiger partial charge in [0, 0.05) is 23.7 Å². The zero-order valence-corrected chi connectivity index (χ0v) is 13.9. The molecule has 0 aliphatic carbocycles. The Kier molecular flexibility index (Phi) is 5.83. The van der Waals surface area contributed by atoms with Gasteiger partial charge in [0.05, 0.1) is 25.2 Å². The molecule has 1 unspecified atom stereocenters. The van der Waals surface area contributed by atoms with Gasteiger partial charge in [-0.05, 0) is 29.8 Å². The molecule has 2 N–H and O–H groups in total. The molecule has 2 aromatic rings. The Balaban J connectivity index is 2.16. The summed E-state index contributed by atoms with van der Waals surface area (Å²) in [6, 6.07) is 9.33. The van der Waals surface area contributed by atoms with Gasteiger partial charge in [0.2, 0.25) is 0 Å². The molecule has 0 aromatic heterocycles. The summed E-state index contributed by atoms with van der Waals surface area (Å²) >= 11 is 5.78. The molecule has 0 saturated heterocycles. The standard InChI is InChI=1S/C16H17ClN2O5/c1-23-12-5-10(6-13(8-12)24-2)16(20)9-18-14-4-3-11(17)7-15(14)19(21)22/h3-8,16,18,20H,9H2,1-2H3. The number of ether oxygens (including phenoxy) is 2. The Morgan fingerprint density at radius 1 is 1.21 bits per heavy atom. The summed E-state index contributed by atoms with van der Waals surface area (Å²) < 4.78 is 10.3. The van der Waals surface area contributed by atoms with Gasteiger partial charge in [-0.1, -0.05) is 11.6 Å². The van der Waals surface area contributed by atoms with Crippen molar-refractivity contribution in [3.63, 3.8) is 0 Å². The number of anilines is 1. The molecule has 0 saturated carbocycles. The Bertz CT molecular complexity index is 716. The third-order valence-corrected chi connectivity index (χ3v) is 3.64.